The molecule has 0 unspecified atom stereocenters. The Hall–Kier alpha value is -5.47. The highest BCUT2D eigenvalue weighted by Crippen LogP contribution is 2.36. The monoisotopic (exact) mass is 680 g/mol. The molecule has 3 heterocycles. The summed E-state index contributed by atoms with van der Waals surface area (Å²) in [5.41, 5.74) is 9.76. The third-order valence-corrected chi connectivity index (χ3v) is 10.6. The third kappa shape index (κ3) is 6.71. The van der Waals surface area contributed by atoms with Gasteiger partial charge in [-0.15, -0.1) is 0 Å². The van der Waals surface area contributed by atoms with Gasteiger partial charge >= 0.3 is 0 Å². The van der Waals surface area contributed by atoms with Crippen LogP contribution in [0.3, 0.4) is 0 Å². The van der Waals surface area contributed by atoms with Crippen LogP contribution in [0.15, 0.2) is 103 Å². The Balaban J connectivity index is 1.29. The van der Waals surface area contributed by atoms with E-state index < -0.39 is 0 Å². The number of carbonyl (C=O) groups is 3. The second kappa shape index (κ2) is 14.4. The summed E-state index contributed by atoms with van der Waals surface area (Å²) in [6.07, 6.45) is 1.71. The SMILES string of the molecule is COC[C@@H]1Cc2ccccc2CN1C(=O)c1cc2c(cc1-c1cc(C(=O)N(C)c3ccccc3)c(C)n1C)CCN(C(=O)Cc1ccccc1)C2. The lowest BCUT2D eigenvalue weighted by molar-refractivity contribution is -0.131. The summed E-state index contributed by atoms with van der Waals surface area (Å²) in [4.78, 5) is 47.8. The van der Waals surface area contributed by atoms with Gasteiger partial charge in [-0.2, -0.15) is 0 Å². The van der Waals surface area contributed by atoms with E-state index in [-0.39, 0.29) is 23.8 Å². The number of benzene rings is 4. The van der Waals surface area contributed by atoms with Crippen molar-refractivity contribution >= 4 is 23.4 Å². The Morgan fingerprint density at radius 3 is 2.22 bits per heavy atom. The van der Waals surface area contributed by atoms with Gasteiger partial charge in [-0.25, -0.2) is 0 Å². The minimum atomic E-state index is -0.142. The molecule has 3 amide bonds. The molecule has 2 aliphatic rings. The number of nitrogens with zero attached hydrogens (tertiary/aromatic N) is 4. The topological polar surface area (TPSA) is 75.1 Å². The number of anilines is 1. The van der Waals surface area contributed by atoms with Crippen molar-refractivity contribution in [3.63, 3.8) is 0 Å². The summed E-state index contributed by atoms with van der Waals surface area (Å²) < 4.78 is 7.66. The Bertz CT molecular complexity index is 2090. The van der Waals surface area contributed by atoms with Crippen molar-refractivity contribution in [2.75, 3.05) is 32.2 Å². The minimum absolute atomic E-state index is 0.0698. The van der Waals surface area contributed by atoms with Crippen molar-refractivity contribution in [3.8, 4) is 11.3 Å². The first-order chi connectivity index (χ1) is 24.7. The van der Waals surface area contributed by atoms with Gasteiger partial charge in [0.05, 0.1) is 24.6 Å². The van der Waals surface area contributed by atoms with Gasteiger partial charge in [-0.3, -0.25) is 14.4 Å². The van der Waals surface area contributed by atoms with Crippen LogP contribution >= 0.6 is 0 Å². The standard InChI is InChI=1S/C43H44N4O4/c1-29-37(42(49)45(3)35-17-9-6-10-18-35)25-40(44(29)2)38-23-32-19-20-46(41(48)21-30-13-7-5-8-14-30)26-34(32)24-39(38)43(50)47-27-33-16-12-11-15-31(33)22-36(47)28-51-4/h5-18,23-25,36H,19-22,26-28H2,1-4H3/t36-/m0/s1. The van der Waals surface area contributed by atoms with E-state index in [1.54, 1.807) is 19.1 Å². The van der Waals surface area contributed by atoms with Crippen LogP contribution in [-0.4, -0.2) is 65.4 Å². The Morgan fingerprint density at radius 2 is 1.49 bits per heavy atom. The predicted molar refractivity (Wildman–Crippen MR) is 200 cm³/mol. The predicted octanol–water partition coefficient (Wildman–Crippen LogP) is 6.62. The lowest BCUT2D eigenvalue weighted by Crippen LogP contribution is -2.47. The normalized spacial score (nSPS) is 15.3. The molecule has 1 aromatic heterocycles. The highest BCUT2D eigenvalue weighted by Gasteiger charge is 2.34. The smallest absolute Gasteiger partial charge is 0.259 e. The summed E-state index contributed by atoms with van der Waals surface area (Å²) in [6, 6.07) is 33.6. The highest BCUT2D eigenvalue weighted by molar-refractivity contribution is 6.08. The number of para-hydroxylation sites is 1. The summed E-state index contributed by atoms with van der Waals surface area (Å²) in [6.45, 7) is 3.86. The molecule has 8 nitrogen and oxygen atoms in total. The molecule has 260 valence electrons. The molecule has 7 rings (SSSR count). The molecular weight excluding hydrogens is 636 g/mol. The molecule has 0 aliphatic carbocycles. The zero-order valence-corrected chi connectivity index (χ0v) is 29.8. The first kappa shape index (κ1) is 34.0. The van der Waals surface area contributed by atoms with E-state index >= 15 is 0 Å². The summed E-state index contributed by atoms with van der Waals surface area (Å²) >= 11 is 0. The molecule has 0 saturated carbocycles. The fourth-order valence-electron chi connectivity index (χ4n) is 7.54. The number of rotatable bonds is 8. The lowest BCUT2D eigenvalue weighted by Gasteiger charge is -2.37. The van der Waals surface area contributed by atoms with E-state index in [1.165, 1.54) is 5.56 Å². The molecule has 0 bridgehead atoms. The quantitative estimate of drug-likeness (QED) is 0.185. The number of fused-ring (bicyclic) bond motifs is 2. The number of aromatic nitrogens is 1. The highest BCUT2D eigenvalue weighted by atomic mass is 16.5. The maximum Gasteiger partial charge on any atom is 0.259 e. The van der Waals surface area contributed by atoms with Gasteiger partial charge in [-0.1, -0.05) is 72.8 Å². The molecular formula is C43H44N4O4. The van der Waals surface area contributed by atoms with Gasteiger partial charge < -0.3 is 24.0 Å². The first-order valence-corrected chi connectivity index (χ1v) is 17.6. The van der Waals surface area contributed by atoms with Crippen LogP contribution in [0.5, 0.6) is 0 Å². The maximum atomic E-state index is 15.0. The minimum Gasteiger partial charge on any atom is -0.383 e. The molecule has 0 saturated heterocycles. The van der Waals surface area contributed by atoms with Crippen molar-refractivity contribution in [1.82, 2.24) is 14.4 Å². The fourth-order valence-corrected chi connectivity index (χ4v) is 7.54. The van der Waals surface area contributed by atoms with Crippen LogP contribution in [0, 0.1) is 6.92 Å². The lowest BCUT2D eigenvalue weighted by atomic mass is 9.89. The zero-order chi connectivity index (χ0) is 35.6. The van der Waals surface area contributed by atoms with Crippen LogP contribution in [0.1, 0.15) is 54.2 Å². The number of methoxy groups -OCH3 is 1. The van der Waals surface area contributed by atoms with E-state index in [9.17, 15) is 14.4 Å². The number of carbonyl (C=O) groups excluding carboxylic acids is 3. The molecule has 0 spiro atoms. The largest absolute Gasteiger partial charge is 0.383 e. The van der Waals surface area contributed by atoms with Crippen LogP contribution < -0.4 is 4.90 Å². The molecule has 4 aromatic carbocycles. The second-order valence-electron chi connectivity index (χ2n) is 13.7. The Labute approximate surface area is 299 Å². The second-order valence-corrected chi connectivity index (χ2v) is 13.7. The van der Waals surface area contributed by atoms with E-state index in [4.69, 9.17) is 4.74 Å². The van der Waals surface area contributed by atoms with Crippen molar-refractivity contribution < 1.29 is 19.1 Å². The van der Waals surface area contributed by atoms with Crippen LogP contribution in [-0.2, 0) is 48.9 Å². The van der Waals surface area contributed by atoms with Gasteiger partial charge in [-0.05, 0) is 77.9 Å². The first-order valence-electron chi connectivity index (χ1n) is 17.6. The van der Waals surface area contributed by atoms with Gasteiger partial charge in [0.15, 0.2) is 0 Å². The molecule has 1 atom stereocenters. The number of hydrogen-bond donors (Lipinski definition) is 0. The molecule has 51 heavy (non-hydrogen) atoms. The average Bonchev–Trinajstić information content (AvgIpc) is 3.46. The number of ether oxygens (including phenoxy) is 1. The van der Waals surface area contributed by atoms with Gasteiger partial charge in [0.25, 0.3) is 11.8 Å². The Morgan fingerprint density at radius 1 is 0.804 bits per heavy atom. The maximum absolute atomic E-state index is 15.0. The molecule has 5 aromatic rings. The molecule has 8 heteroatoms. The van der Waals surface area contributed by atoms with Crippen LogP contribution in [0.2, 0.25) is 0 Å². The summed E-state index contributed by atoms with van der Waals surface area (Å²) in [7, 11) is 5.41. The van der Waals surface area contributed by atoms with Gasteiger partial charge in [0.2, 0.25) is 5.91 Å². The van der Waals surface area contributed by atoms with E-state index in [0.717, 1.165) is 44.9 Å². The van der Waals surface area contributed by atoms with Crippen molar-refractivity contribution in [2.45, 2.75) is 45.3 Å². The number of hydrogen-bond acceptors (Lipinski definition) is 4. The third-order valence-electron chi connectivity index (χ3n) is 10.6. The van der Waals surface area contributed by atoms with Crippen molar-refractivity contribution in [2.24, 2.45) is 7.05 Å². The summed E-state index contributed by atoms with van der Waals surface area (Å²) in [5, 5.41) is 0. The van der Waals surface area contributed by atoms with Gasteiger partial charge in [0, 0.05) is 69.0 Å². The Kier molecular flexibility index (Phi) is 9.60. The van der Waals surface area contributed by atoms with E-state index in [0.29, 0.717) is 56.6 Å². The molecule has 0 fully saturated rings. The summed E-state index contributed by atoms with van der Waals surface area (Å²) in [5.74, 6) is -0.141. The molecule has 2 aliphatic heterocycles. The average molecular weight is 681 g/mol. The van der Waals surface area contributed by atoms with Crippen LogP contribution in [0.25, 0.3) is 11.3 Å². The van der Waals surface area contributed by atoms with Crippen LogP contribution in [0.4, 0.5) is 5.69 Å². The number of amides is 3. The van der Waals surface area contributed by atoms with E-state index in [2.05, 4.69) is 18.2 Å². The molecule has 0 N–H and O–H groups in total. The van der Waals surface area contributed by atoms with E-state index in [1.807, 2.05) is 113 Å². The van der Waals surface area contributed by atoms with Gasteiger partial charge in [0.1, 0.15) is 0 Å². The van der Waals surface area contributed by atoms with Crippen molar-refractivity contribution in [1.29, 1.82) is 0 Å². The zero-order valence-electron chi connectivity index (χ0n) is 29.8. The fraction of sp³-hybridized carbons (Fsp3) is 0.279. The molecule has 0 radical (unpaired) electrons. The van der Waals surface area contributed by atoms with Crippen molar-refractivity contribution in [3.05, 3.63) is 148 Å².